The SMILES string of the molecule is C=Cc1cc(OC)cc(OC)c1C=C. The average Bonchev–Trinajstić information content (AvgIpc) is 2.26. The normalized spacial score (nSPS) is 9.29. The maximum atomic E-state index is 5.22. The molecule has 0 heterocycles. The Hall–Kier alpha value is -1.70. The highest BCUT2D eigenvalue weighted by Crippen LogP contribution is 2.30. The topological polar surface area (TPSA) is 18.5 Å². The van der Waals surface area contributed by atoms with Crippen LogP contribution in [0.25, 0.3) is 12.2 Å². The monoisotopic (exact) mass is 190 g/mol. The van der Waals surface area contributed by atoms with Crippen molar-refractivity contribution >= 4 is 12.2 Å². The molecule has 0 aliphatic heterocycles. The Labute approximate surface area is 84.5 Å². The second-order valence-electron chi connectivity index (χ2n) is 2.74. The van der Waals surface area contributed by atoms with Crippen LogP contribution >= 0.6 is 0 Å². The standard InChI is InChI=1S/C12H14O2/c1-5-9-7-10(13-3)8-12(14-4)11(9)6-2/h5-8H,1-2H2,3-4H3. The summed E-state index contributed by atoms with van der Waals surface area (Å²) in [6.45, 7) is 7.47. The first-order valence-corrected chi connectivity index (χ1v) is 4.27. The van der Waals surface area contributed by atoms with E-state index in [2.05, 4.69) is 13.2 Å². The van der Waals surface area contributed by atoms with Crippen LogP contribution in [0.4, 0.5) is 0 Å². The van der Waals surface area contributed by atoms with Gasteiger partial charge in [0.15, 0.2) is 0 Å². The maximum absolute atomic E-state index is 5.22. The van der Waals surface area contributed by atoms with Crippen LogP contribution < -0.4 is 9.47 Å². The summed E-state index contributed by atoms with van der Waals surface area (Å²) in [6, 6.07) is 3.72. The molecule has 0 N–H and O–H groups in total. The first-order valence-electron chi connectivity index (χ1n) is 4.27. The first-order chi connectivity index (χ1) is 6.76. The van der Waals surface area contributed by atoms with Crippen molar-refractivity contribution < 1.29 is 9.47 Å². The second kappa shape index (κ2) is 4.51. The Kier molecular flexibility index (Phi) is 3.35. The van der Waals surface area contributed by atoms with Crippen molar-refractivity contribution in [2.75, 3.05) is 14.2 Å². The molecule has 2 heteroatoms. The van der Waals surface area contributed by atoms with E-state index in [1.165, 1.54) is 0 Å². The molecule has 0 radical (unpaired) electrons. The van der Waals surface area contributed by atoms with Crippen molar-refractivity contribution in [1.82, 2.24) is 0 Å². The van der Waals surface area contributed by atoms with E-state index in [1.54, 1.807) is 26.4 Å². The molecule has 2 nitrogen and oxygen atoms in total. The van der Waals surface area contributed by atoms with Gasteiger partial charge in [-0.25, -0.2) is 0 Å². The molecule has 0 amide bonds. The summed E-state index contributed by atoms with van der Waals surface area (Å²) >= 11 is 0. The van der Waals surface area contributed by atoms with Gasteiger partial charge in [-0.2, -0.15) is 0 Å². The van der Waals surface area contributed by atoms with Crippen molar-refractivity contribution in [3.63, 3.8) is 0 Å². The van der Waals surface area contributed by atoms with Crippen LogP contribution in [-0.4, -0.2) is 14.2 Å². The van der Waals surface area contributed by atoms with Gasteiger partial charge in [0.25, 0.3) is 0 Å². The van der Waals surface area contributed by atoms with E-state index in [0.717, 1.165) is 22.6 Å². The Morgan fingerprint density at radius 1 is 1.07 bits per heavy atom. The zero-order chi connectivity index (χ0) is 10.6. The lowest BCUT2D eigenvalue weighted by Gasteiger charge is -2.10. The Morgan fingerprint density at radius 2 is 1.79 bits per heavy atom. The molecule has 0 fully saturated rings. The van der Waals surface area contributed by atoms with Crippen LogP contribution in [0.2, 0.25) is 0 Å². The van der Waals surface area contributed by atoms with E-state index in [1.807, 2.05) is 12.1 Å². The van der Waals surface area contributed by atoms with Gasteiger partial charge < -0.3 is 9.47 Å². The minimum atomic E-state index is 0.745. The van der Waals surface area contributed by atoms with E-state index in [0.29, 0.717) is 0 Å². The highest BCUT2D eigenvalue weighted by atomic mass is 16.5. The van der Waals surface area contributed by atoms with Crippen LogP contribution in [-0.2, 0) is 0 Å². The van der Waals surface area contributed by atoms with Crippen molar-refractivity contribution in [1.29, 1.82) is 0 Å². The average molecular weight is 190 g/mol. The molecule has 1 aromatic rings. The van der Waals surface area contributed by atoms with Crippen LogP contribution in [0.5, 0.6) is 11.5 Å². The smallest absolute Gasteiger partial charge is 0.130 e. The van der Waals surface area contributed by atoms with Crippen LogP contribution in [0.3, 0.4) is 0 Å². The molecule has 0 saturated carbocycles. The largest absolute Gasteiger partial charge is 0.497 e. The zero-order valence-electron chi connectivity index (χ0n) is 8.54. The second-order valence-corrected chi connectivity index (χ2v) is 2.74. The first kappa shape index (κ1) is 10.4. The van der Waals surface area contributed by atoms with Gasteiger partial charge in [0.1, 0.15) is 11.5 Å². The van der Waals surface area contributed by atoms with Gasteiger partial charge in [0, 0.05) is 11.6 Å². The predicted octanol–water partition coefficient (Wildman–Crippen LogP) is 2.99. The van der Waals surface area contributed by atoms with Crippen molar-refractivity contribution in [3.8, 4) is 11.5 Å². The van der Waals surface area contributed by atoms with Gasteiger partial charge in [-0.3, -0.25) is 0 Å². The van der Waals surface area contributed by atoms with Crippen molar-refractivity contribution in [3.05, 3.63) is 36.4 Å². The van der Waals surface area contributed by atoms with Crippen molar-refractivity contribution in [2.45, 2.75) is 0 Å². The van der Waals surface area contributed by atoms with Crippen LogP contribution in [0.15, 0.2) is 25.3 Å². The minimum absolute atomic E-state index is 0.745. The van der Waals surface area contributed by atoms with Gasteiger partial charge in [-0.05, 0) is 11.6 Å². The summed E-state index contributed by atoms with van der Waals surface area (Å²) in [6.07, 6.45) is 3.50. The van der Waals surface area contributed by atoms with Gasteiger partial charge in [0.2, 0.25) is 0 Å². The molecule has 0 aliphatic rings. The molecule has 0 bridgehead atoms. The molecule has 0 atom stereocenters. The van der Waals surface area contributed by atoms with Crippen LogP contribution in [0.1, 0.15) is 11.1 Å². The van der Waals surface area contributed by atoms with E-state index < -0.39 is 0 Å². The Bertz CT molecular complexity index is 354. The lowest BCUT2D eigenvalue weighted by atomic mass is 10.1. The molecule has 0 saturated heterocycles. The van der Waals surface area contributed by atoms with E-state index in [-0.39, 0.29) is 0 Å². The third-order valence-corrected chi connectivity index (χ3v) is 2.03. The molecule has 14 heavy (non-hydrogen) atoms. The van der Waals surface area contributed by atoms with E-state index >= 15 is 0 Å². The van der Waals surface area contributed by atoms with E-state index in [9.17, 15) is 0 Å². The van der Waals surface area contributed by atoms with Gasteiger partial charge in [-0.1, -0.05) is 25.3 Å². The molecule has 0 aromatic heterocycles. The minimum Gasteiger partial charge on any atom is -0.497 e. The lowest BCUT2D eigenvalue weighted by Crippen LogP contribution is -1.92. The quantitative estimate of drug-likeness (QED) is 0.726. The van der Waals surface area contributed by atoms with E-state index in [4.69, 9.17) is 9.47 Å². The summed E-state index contributed by atoms with van der Waals surface area (Å²) in [4.78, 5) is 0. The van der Waals surface area contributed by atoms with Gasteiger partial charge in [0.05, 0.1) is 14.2 Å². The molecule has 0 spiro atoms. The molecule has 74 valence electrons. The Morgan fingerprint density at radius 3 is 2.21 bits per heavy atom. The molecular formula is C12H14O2. The highest BCUT2D eigenvalue weighted by Gasteiger charge is 2.06. The molecule has 1 rings (SSSR count). The molecule has 1 aromatic carbocycles. The molecule has 0 aliphatic carbocycles. The molecular weight excluding hydrogens is 176 g/mol. The number of ether oxygens (including phenoxy) is 2. The number of rotatable bonds is 4. The van der Waals surface area contributed by atoms with Crippen LogP contribution in [0, 0.1) is 0 Å². The number of hydrogen-bond donors (Lipinski definition) is 0. The lowest BCUT2D eigenvalue weighted by molar-refractivity contribution is 0.393. The maximum Gasteiger partial charge on any atom is 0.130 e. The summed E-state index contributed by atoms with van der Waals surface area (Å²) in [5.74, 6) is 1.50. The highest BCUT2D eigenvalue weighted by molar-refractivity contribution is 5.70. The third-order valence-electron chi connectivity index (χ3n) is 2.03. The Balaban J connectivity index is 3.38. The number of hydrogen-bond acceptors (Lipinski definition) is 2. The fourth-order valence-electron chi connectivity index (χ4n) is 1.30. The fourth-order valence-corrected chi connectivity index (χ4v) is 1.30. The number of methoxy groups -OCH3 is 2. The fraction of sp³-hybridized carbons (Fsp3) is 0.167. The summed E-state index contributed by atoms with van der Waals surface area (Å²) in [5, 5.41) is 0. The van der Waals surface area contributed by atoms with Gasteiger partial charge in [-0.15, -0.1) is 0 Å². The van der Waals surface area contributed by atoms with Gasteiger partial charge >= 0.3 is 0 Å². The summed E-state index contributed by atoms with van der Waals surface area (Å²) in [5.41, 5.74) is 1.89. The predicted molar refractivity (Wildman–Crippen MR) is 59.7 cm³/mol. The van der Waals surface area contributed by atoms with Crippen molar-refractivity contribution in [2.24, 2.45) is 0 Å². The summed E-state index contributed by atoms with van der Waals surface area (Å²) < 4.78 is 10.4. The third kappa shape index (κ3) is 1.79. The summed E-state index contributed by atoms with van der Waals surface area (Å²) in [7, 11) is 3.24. The zero-order valence-corrected chi connectivity index (χ0v) is 8.54. The molecule has 0 unspecified atom stereocenters. The number of benzene rings is 1.